The highest BCUT2D eigenvalue weighted by molar-refractivity contribution is 7.22. The Morgan fingerprint density at radius 2 is 1.87 bits per heavy atom. The fraction of sp³-hybridized carbons (Fsp3) is 0.136. The van der Waals surface area contributed by atoms with Crippen molar-refractivity contribution in [1.29, 1.82) is 0 Å². The maximum atomic E-state index is 13.3. The number of aromatic nitrogens is 2. The summed E-state index contributed by atoms with van der Waals surface area (Å²) in [5, 5.41) is 0.921. The molecule has 0 saturated carbocycles. The molecule has 2 heterocycles. The summed E-state index contributed by atoms with van der Waals surface area (Å²) in [6.45, 7) is 1.99. The van der Waals surface area contributed by atoms with E-state index >= 15 is 0 Å². The van der Waals surface area contributed by atoms with Crippen LogP contribution in [-0.2, 0) is 12.7 Å². The Kier molecular flexibility index (Phi) is 5.68. The molecule has 2 aromatic heterocycles. The number of carbonyl (C=O) groups excluding carboxylic acids is 1. The Morgan fingerprint density at radius 3 is 2.58 bits per heavy atom. The number of amides is 1. The topological polar surface area (TPSA) is 46.1 Å². The Bertz CT molecular complexity index is 1260. The van der Waals surface area contributed by atoms with Crippen LogP contribution < -0.4 is 4.90 Å². The monoisotopic (exact) mass is 461 g/mol. The molecule has 0 unspecified atom stereocenters. The van der Waals surface area contributed by atoms with Crippen molar-refractivity contribution in [1.82, 2.24) is 9.97 Å². The van der Waals surface area contributed by atoms with E-state index in [0.717, 1.165) is 28.0 Å². The van der Waals surface area contributed by atoms with E-state index in [1.807, 2.05) is 6.92 Å². The van der Waals surface area contributed by atoms with Crippen LogP contribution in [-0.4, -0.2) is 15.9 Å². The number of rotatable bonds is 4. The van der Waals surface area contributed by atoms with Crippen LogP contribution in [0.5, 0.6) is 0 Å². The van der Waals surface area contributed by atoms with Crippen LogP contribution in [0.25, 0.3) is 10.2 Å². The quantitative estimate of drug-likeness (QED) is 0.347. The maximum absolute atomic E-state index is 13.3. The van der Waals surface area contributed by atoms with Gasteiger partial charge >= 0.3 is 6.18 Å². The molecule has 0 atom stereocenters. The summed E-state index contributed by atoms with van der Waals surface area (Å²) in [6.07, 6.45) is -1.37. The second kappa shape index (κ2) is 8.28. The standard InChI is InChI=1S/C22H15ClF3N3OS/c1-13-9-17(23)11-18-19(13)28-21(31-18)29(12-14-5-7-27-8-6-14)20(30)15-3-2-4-16(10-15)22(24,25)26/h2-11H,12H2,1H3. The van der Waals surface area contributed by atoms with Gasteiger partial charge in [-0.25, -0.2) is 4.98 Å². The molecule has 0 aliphatic heterocycles. The highest BCUT2D eigenvalue weighted by atomic mass is 35.5. The first-order valence-corrected chi connectivity index (χ1v) is 10.4. The summed E-state index contributed by atoms with van der Waals surface area (Å²) in [4.78, 5) is 23.3. The lowest BCUT2D eigenvalue weighted by molar-refractivity contribution is -0.137. The van der Waals surface area contributed by atoms with Gasteiger partial charge in [0.25, 0.3) is 5.91 Å². The SMILES string of the molecule is Cc1cc(Cl)cc2sc(N(Cc3ccncc3)C(=O)c3cccc(C(F)(F)F)c3)nc12. The Labute approximate surface area is 184 Å². The largest absolute Gasteiger partial charge is 0.416 e. The van der Waals surface area contributed by atoms with Gasteiger partial charge in [0.15, 0.2) is 5.13 Å². The minimum atomic E-state index is -4.55. The fourth-order valence-corrected chi connectivity index (χ4v) is 4.56. The number of alkyl halides is 3. The van der Waals surface area contributed by atoms with E-state index < -0.39 is 17.6 Å². The van der Waals surface area contributed by atoms with Crippen molar-refractivity contribution in [2.75, 3.05) is 4.90 Å². The lowest BCUT2D eigenvalue weighted by Crippen LogP contribution is -2.30. The number of fused-ring (bicyclic) bond motifs is 1. The molecule has 31 heavy (non-hydrogen) atoms. The number of hydrogen-bond donors (Lipinski definition) is 0. The van der Waals surface area contributed by atoms with Gasteiger partial charge in [0.1, 0.15) is 0 Å². The molecular formula is C22H15ClF3N3OS. The van der Waals surface area contributed by atoms with Crippen LogP contribution in [0.1, 0.15) is 27.0 Å². The molecule has 158 valence electrons. The minimum Gasteiger partial charge on any atom is -0.279 e. The lowest BCUT2D eigenvalue weighted by atomic mass is 10.1. The van der Waals surface area contributed by atoms with Crippen LogP contribution in [0.15, 0.2) is 60.9 Å². The van der Waals surface area contributed by atoms with Gasteiger partial charge in [-0.2, -0.15) is 13.2 Å². The van der Waals surface area contributed by atoms with Crippen molar-refractivity contribution >= 4 is 44.2 Å². The molecule has 0 aliphatic rings. The van der Waals surface area contributed by atoms with E-state index in [9.17, 15) is 18.0 Å². The molecule has 0 fully saturated rings. The molecule has 4 aromatic rings. The predicted octanol–water partition coefficient (Wildman–Crippen LogP) is 6.52. The van der Waals surface area contributed by atoms with Crippen LogP contribution >= 0.6 is 22.9 Å². The summed E-state index contributed by atoms with van der Waals surface area (Å²) in [6, 6.07) is 11.4. The number of carbonyl (C=O) groups is 1. The first kappa shape index (κ1) is 21.3. The number of halogens is 4. The third-order valence-corrected chi connectivity index (χ3v) is 5.89. The average Bonchev–Trinajstić information content (AvgIpc) is 3.16. The molecule has 0 saturated heterocycles. The van der Waals surface area contributed by atoms with Gasteiger partial charge in [-0.05, 0) is 60.5 Å². The Hall–Kier alpha value is -2.97. The number of thiazole rings is 1. The average molecular weight is 462 g/mol. The van der Waals surface area contributed by atoms with Gasteiger partial charge in [-0.1, -0.05) is 29.0 Å². The van der Waals surface area contributed by atoms with Gasteiger partial charge in [0.2, 0.25) is 0 Å². The van der Waals surface area contributed by atoms with Crippen molar-refractivity contribution in [2.45, 2.75) is 19.6 Å². The molecule has 9 heteroatoms. The summed E-state index contributed by atoms with van der Waals surface area (Å²) in [7, 11) is 0. The van der Waals surface area contributed by atoms with Gasteiger partial charge in [-0.3, -0.25) is 14.7 Å². The predicted molar refractivity (Wildman–Crippen MR) is 116 cm³/mol. The normalized spacial score (nSPS) is 11.6. The summed E-state index contributed by atoms with van der Waals surface area (Å²) < 4.78 is 40.3. The number of nitrogens with zero attached hydrogens (tertiary/aromatic N) is 3. The van der Waals surface area contributed by atoms with Crippen molar-refractivity contribution in [2.24, 2.45) is 0 Å². The van der Waals surface area contributed by atoms with Crippen LogP contribution in [0.3, 0.4) is 0 Å². The molecule has 4 nitrogen and oxygen atoms in total. The number of anilines is 1. The second-order valence-corrected chi connectivity index (χ2v) is 8.34. The summed E-state index contributed by atoms with van der Waals surface area (Å²) in [5.74, 6) is -0.578. The van der Waals surface area contributed by atoms with Gasteiger partial charge in [-0.15, -0.1) is 0 Å². The lowest BCUT2D eigenvalue weighted by Gasteiger charge is -2.20. The summed E-state index contributed by atoms with van der Waals surface area (Å²) in [5.41, 5.74) is 1.36. The van der Waals surface area contributed by atoms with E-state index in [1.165, 1.54) is 28.4 Å². The van der Waals surface area contributed by atoms with Crippen LogP contribution in [0.4, 0.5) is 18.3 Å². The summed E-state index contributed by atoms with van der Waals surface area (Å²) >= 11 is 7.40. The first-order valence-electron chi connectivity index (χ1n) is 9.17. The van der Waals surface area contributed by atoms with Crippen molar-refractivity contribution in [3.63, 3.8) is 0 Å². The van der Waals surface area contributed by atoms with Crippen LogP contribution in [0, 0.1) is 6.92 Å². The van der Waals surface area contributed by atoms with E-state index in [4.69, 9.17) is 11.6 Å². The molecule has 0 aliphatic carbocycles. The third-order valence-electron chi connectivity index (χ3n) is 4.64. The molecule has 0 bridgehead atoms. The number of hydrogen-bond acceptors (Lipinski definition) is 4. The molecule has 2 aromatic carbocycles. The van der Waals surface area contributed by atoms with Crippen LogP contribution in [0.2, 0.25) is 5.02 Å². The van der Waals surface area contributed by atoms with Gasteiger partial charge < -0.3 is 0 Å². The van der Waals surface area contributed by atoms with Gasteiger partial charge in [0, 0.05) is 23.0 Å². The number of benzene rings is 2. The zero-order valence-corrected chi connectivity index (χ0v) is 17.7. The first-order chi connectivity index (χ1) is 14.7. The second-order valence-electron chi connectivity index (χ2n) is 6.89. The fourth-order valence-electron chi connectivity index (χ4n) is 3.14. The van der Waals surface area contributed by atoms with Crippen molar-refractivity contribution < 1.29 is 18.0 Å². The smallest absolute Gasteiger partial charge is 0.279 e. The zero-order valence-electron chi connectivity index (χ0n) is 16.2. The molecular weight excluding hydrogens is 447 g/mol. The Balaban J connectivity index is 1.80. The van der Waals surface area contributed by atoms with Gasteiger partial charge in [0.05, 0.1) is 22.3 Å². The molecule has 0 spiro atoms. The molecule has 0 radical (unpaired) electrons. The van der Waals surface area contributed by atoms with E-state index in [0.29, 0.717) is 15.7 Å². The molecule has 4 rings (SSSR count). The van der Waals surface area contributed by atoms with Crippen molar-refractivity contribution in [3.05, 3.63) is 88.2 Å². The Morgan fingerprint density at radius 1 is 1.13 bits per heavy atom. The highest BCUT2D eigenvalue weighted by Gasteiger charge is 2.32. The minimum absolute atomic E-state index is 0.0714. The highest BCUT2D eigenvalue weighted by Crippen LogP contribution is 2.35. The number of pyridine rings is 1. The third kappa shape index (κ3) is 4.55. The number of aryl methyl sites for hydroxylation is 1. The van der Waals surface area contributed by atoms with E-state index in [1.54, 1.807) is 36.7 Å². The van der Waals surface area contributed by atoms with E-state index in [2.05, 4.69) is 9.97 Å². The maximum Gasteiger partial charge on any atom is 0.416 e. The van der Waals surface area contributed by atoms with E-state index in [-0.39, 0.29) is 12.1 Å². The molecule has 0 N–H and O–H groups in total. The van der Waals surface area contributed by atoms with Crippen molar-refractivity contribution in [3.8, 4) is 0 Å². The zero-order chi connectivity index (χ0) is 22.2. The molecule has 1 amide bonds.